The predicted molar refractivity (Wildman–Crippen MR) is 118 cm³/mol. The molecule has 2 amide bonds. The lowest BCUT2D eigenvalue weighted by atomic mass is 9.95. The number of carbonyl (C=O) groups is 2. The van der Waals surface area contributed by atoms with E-state index in [9.17, 15) is 14.0 Å². The molecule has 2 aliphatic rings. The summed E-state index contributed by atoms with van der Waals surface area (Å²) in [6.45, 7) is 0.459. The molecule has 32 heavy (non-hydrogen) atoms. The van der Waals surface area contributed by atoms with Gasteiger partial charge in [0.05, 0.1) is 5.69 Å². The summed E-state index contributed by atoms with van der Waals surface area (Å²) >= 11 is 0. The number of hydrogen-bond donors (Lipinski definition) is 1. The first-order valence-electron chi connectivity index (χ1n) is 11.1. The molecular formula is C25H25FN4O2. The zero-order valence-electron chi connectivity index (χ0n) is 17.8. The van der Waals surface area contributed by atoms with Gasteiger partial charge in [0, 0.05) is 29.4 Å². The van der Waals surface area contributed by atoms with Gasteiger partial charge in [-0.3, -0.25) is 9.59 Å². The lowest BCUT2D eigenvalue weighted by Crippen LogP contribution is -2.33. The number of nitrogens with zero attached hydrogens (tertiary/aromatic N) is 3. The molecule has 164 valence electrons. The summed E-state index contributed by atoms with van der Waals surface area (Å²) in [5.41, 5.74) is 10.1. The lowest BCUT2D eigenvalue weighted by molar-refractivity contribution is 0.0722. The molecule has 0 saturated heterocycles. The van der Waals surface area contributed by atoms with E-state index in [1.54, 1.807) is 24.3 Å². The molecule has 1 fully saturated rings. The van der Waals surface area contributed by atoms with E-state index >= 15 is 0 Å². The summed E-state index contributed by atoms with van der Waals surface area (Å²) in [5.74, 6) is -0.830. The van der Waals surface area contributed by atoms with Crippen LogP contribution in [0.15, 0.2) is 48.5 Å². The van der Waals surface area contributed by atoms with E-state index in [0.29, 0.717) is 17.8 Å². The highest BCUT2D eigenvalue weighted by atomic mass is 19.1. The van der Waals surface area contributed by atoms with Crippen molar-refractivity contribution in [1.82, 2.24) is 14.7 Å². The van der Waals surface area contributed by atoms with Crippen LogP contribution < -0.4 is 5.73 Å². The maximum atomic E-state index is 13.7. The normalized spacial score (nSPS) is 15.3. The zero-order chi connectivity index (χ0) is 22.2. The maximum Gasteiger partial charge on any atom is 0.275 e. The van der Waals surface area contributed by atoms with Crippen LogP contribution in [0.3, 0.4) is 0 Å². The SMILES string of the molecule is NC(=O)c1ccc(CN(C(=O)c2nn(-c3ccc(F)cc3)c3c2CCCC3)C2CC2)cc1. The Labute approximate surface area is 185 Å². The topological polar surface area (TPSA) is 81.2 Å². The molecule has 2 aliphatic carbocycles. The Kier molecular flexibility index (Phi) is 5.25. The van der Waals surface area contributed by atoms with Gasteiger partial charge in [-0.15, -0.1) is 0 Å². The van der Waals surface area contributed by atoms with Crippen molar-refractivity contribution in [2.45, 2.75) is 51.1 Å². The van der Waals surface area contributed by atoms with E-state index in [1.807, 2.05) is 21.7 Å². The molecule has 3 aromatic rings. The molecule has 1 saturated carbocycles. The third-order valence-corrected chi connectivity index (χ3v) is 6.29. The Morgan fingerprint density at radius 2 is 1.72 bits per heavy atom. The molecule has 0 unspecified atom stereocenters. The average molecular weight is 432 g/mol. The number of carbonyl (C=O) groups excluding carboxylic acids is 2. The molecule has 6 nitrogen and oxygen atoms in total. The predicted octanol–water partition coefficient (Wildman–Crippen LogP) is 3.79. The number of hydrogen-bond acceptors (Lipinski definition) is 3. The molecule has 1 heterocycles. The molecule has 0 spiro atoms. The highest BCUT2D eigenvalue weighted by molar-refractivity contribution is 5.95. The Bertz CT molecular complexity index is 1160. The van der Waals surface area contributed by atoms with E-state index in [2.05, 4.69) is 0 Å². The van der Waals surface area contributed by atoms with Crippen LogP contribution in [0.4, 0.5) is 4.39 Å². The number of amides is 2. The molecule has 0 atom stereocenters. The van der Waals surface area contributed by atoms with Crippen LogP contribution in [0, 0.1) is 5.82 Å². The minimum Gasteiger partial charge on any atom is -0.366 e. The van der Waals surface area contributed by atoms with Crippen molar-refractivity contribution in [2.75, 3.05) is 0 Å². The first kappa shape index (κ1) is 20.4. The number of rotatable bonds is 6. The first-order chi connectivity index (χ1) is 15.5. The van der Waals surface area contributed by atoms with E-state index < -0.39 is 5.91 Å². The highest BCUT2D eigenvalue weighted by Crippen LogP contribution is 2.33. The van der Waals surface area contributed by atoms with Gasteiger partial charge in [0.25, 0.3) is 5.91 Å². The fraction of sp³-hybridized carbons (Fsp3) is 0.320. The first-order valence-corrected chi connectivity index (χ1v) is 11.1. The van der Waals surface area contributed by atoms with Crippen molar-refractivity contribution in [3.8, 4) is 5.69 Å². The van der Waals surface area contributed by atoms with Crippen LogP contribution in [0.25, 0.3) is 5.69 Å². The summed E-state index contributed by atoms with van der Waals surface area (Å²) in [4.78, 5) is 26.9. The molecule has 2 N–H and O–H groups in total. The smallest absolute Gasteiger partial charge is 0.275 e. The molecule has 2 aromatic carbocycles. The minimum absolute atomic E-state index is 0.0644. The van der Waals surface area contributed by atoms with Gasteiger partial charge in [-0.1, -0.05) is 12.1 Å². The highest BCUT2D eigenvalue weighted by Gasteiger charge is 2.36. The van der Waals surface area contributed by atoms with Crippen LogP contribution in [-0.2, 0) is 19.4 Å². The fourth-order valence-corrected chi connectivity index (χ4v) is 4.43. The quantitative estimate of drug-likeness (QED) is 0.643. The second-order valence-electron chi connectivity index (χ2n) is 8.59. The third-order valence-electron chi connectivity index (χ3n) is 6.29. The molecule has 7 heteroatoms. The van der Waals surface area contributed by atoms with Crippen LogP contribution >= 0.6 is 0 Å². The lowest BCUT2D eigenvalue weighted by Gasteiger charge is -2.23. The standard InChI is InChI=1S/C25H25FN4O2/c26-18-9-11-20(12-10-18)30-22-4-2-1-3-21(22)23(28-30)25(32)29(19-13-14-19)15-16-5-7-17(8-6-16)24(27)31/h5-12,19H,1-4,13-15H2,(H2,27,31). The van der Waals surface area contributed by atoms with Gasteiger partial charge in [-0.2, -0.15) is 5.10 Å². The van der Waals surface area contributed by atoms with E-state index in [4.69, 9.17) is 10.8 Å². The third kappa shape index (κ3) is 3.90. The number of aromatic nitrogens is 2. The second kappa shape index (κ2) is 8.22. The largest absolute Gasteiger partial charge is 0.366 e. The zero-order valence-corrected chi connectivity index (χ0v) is 17.8. The second-order valence-corrected chi connectivity index (χ2v) is 8.59. The molecule has 0 radical (unpaired) electrons. The maximum absolute atomic E-state index is 13.7. The van der Waals surface area contributed by atoms with Crippen molar-refractivity contribution in [1.29, 1.82) is 0 Å². The van der Waals surface area contributed by atoms with Crippen molar-refractivity contribution in [3.05, 3.63) is 82.4 Å². The van der Waals surface area contributed by atoms with Crippen molar-refractivity contribution in [3.63, 3.8) is 0 Å². The molecule has 0 aliphatic heterocycles. The van der Waals surface area contributed by atoms with Gasteiger partial charge in [-0.05, 0) is 80.5 Å². The van der Waals surface area contributed by atoms with Crippen LogP contribution in [-0.4, -0.2) is 32.5 Å². The van der Waals surface area contributed by atoms with Crippen LogP contribution in [0.1, 0.15) is 63.4 Å². The Morgan fingerprint density at radius 1 is 1.03 bits per heavy atom. The van der Waals surface area contributed by atoms with E-state index in [0.717, 1.165) is 61.0 Å². The molecule has 5 rings (SSSR count). The number of primary amides is 1. The Hall–Kier alpha value is -3.48. The fourth-order valence-electron chi connectivity index (χ4n) is 4.43. The summed E-state index contributed by atoms with van der Waals surface area (Å²) in [6, 6.07) is 13.5. The molecule has 0 bridgehead atoms. The summed E-state index contributed by atoms with van der Waals surface area (Å²) in [7, 11) is 0. The number of halogens is 1. The summed E-state index contributed by atoms with van der Waals surface area (Å²) in [6.07, 6.45) is 5.71. The molecule has 1 aromatic heterocycles. The summed E-state index contributed by atoms with van der Waals surface area (Å²) in [5, 5.41) is 4.74. The molecular weight excluding hydrogens is 407 g/mol. The van der Waals surface area contributed by atoms with Crippen molar-refractivity contribution in [2.24, 2.45) is 5.73 Å². The van der Waals surface area contributed by atoms with Gasteiger partial charge in [0.15, 0.2) is 5.69 Å². The summed E-state index contributed by atoms with van der Waals surface area (Å²) < 4.78 is 15.3. The van der Waals surface area contributed by atoms with Crippen LogP contribution in [0.5, 0.6) is 0 Å². The van der Waals surface area contributed by atoms with Crippen molar-refractivity contribution < 1.29 is 14.0 Å². The van der Waals surface area contributed by atoms with Gasteiger partial charge >= 0.3 is 0 Å². The van der Waals surface area contributed by atoms with E-state index in [1.165, 1.54) is 12.1 Å². The van der Waals surface area contributed by atoms with Gasteiger partial charge < -0.3 is 10.6 Å². The number of benzene rings is 2. The van der Waals surface area contributed by atoms with Crippen LogP contribution in [0.2, 0.25) is 0 Å². The Morgan fingerprint density at radius 3 is 2.38 bits per heavy atom. The minimum atomic E-state index is -0.468. The number of fused-ring (bicyclic) bond motifs is 1. The Balaban J connectivity index is 1.48. The van der Waals surface area contributed by atoms with Crippen molar-refractivity contribution >= 4 is 11.8 Å². The average Bonchev–Trinajstić information content (AvgIpc) is 3.58. The van der Waals surface area contributed by atoms with E-state index in [-0.39, 0.29) is 17.8 Å². The monoisotopic (exact) mass is 432 g/mol. The number of nitrogens with two attached hydrogens (primary N) is 1. The van der Waals surface area contributed by atoms with Gasteiger partial charge in [0.1, 0.15) is 5.82 Å². The van der Waals surface area contributed by atoms with Gasteiger partial charge in [-0.25, -0.2) is 9.07 Å². The van der Waals surface area contributed by atoms with Gasteiger partial charge in [0.2, 0.25) is 5.91 Å².